The number of likely N-dealkylation sites (tertiary alicyclic amines) is 1. The average Bonchev–Trinajstić information content (AvgIpc) is 3.24. The highest BCUT2D eigenvalue weighted by Gasteiger charge is 2.21. The smallest absolute Gasteiger partial charge is 0.141 e. The van der Waals surface area contributed by atoms with E-state index in [4.69, 9.17) is 8.94 Å². The standard InChI is InChI=1S/C20H24N2O2/c1-13-6-5-10-22(13)11-9-16-12-18-17(7-4-8-19(18)23-16)20-14(2)21-24-15(20)3/h4,7-8,12-13H,5-6,9-11H2,1-3H3/t13-/m1/s1. The number of furan rings is 1. The lowest BCUT2D eigenvalue weighted by Crippen LogP contribution is -2.28. The first-order chi connectivity index (χ1) is 11.6. The summed E-state index contributed by atoms with van der Waals surface area (Å²) in [5.74, 6) is 1.91. The number of fused-ring (bicyclic) bond motifs is 1. The summed E-state index contributed by atoms with van der Waals surface area (Å²) in [6.45, 7) is 8.55. The molecule has 1 saturated heterocycles. The minimum atomic E-state index is 0.701. The van der Waals surface area contributed by atoms with Gasteiger partial charge >= 0.3 is 0 Å². The Balaban J connectivity index is 1.65. The van der Waals surface area contributed by atoms with Crippen molar-refractivity contribution in [2.45, 2.75) is 46.1 Å². The van der Waals surface area contributed by atoms with Crippen LogP contribution >= 0.6 is 0 Å². The molecule has 4 rings (SSSR count). The molecule has 0 aliphatic carbocycles. The fourth-order valence-corrected chi connectivity index (χ4v) is 3.90. The second-order valence-electron chi connectivity index (χ2n) is 6.91. The molecule has 0 spiro atoms. The van der Waals surface area contributed by atoms with Crippen LogP contribution in [0.2, 0.25) is 0 Å². The Bertz CT molecular complexity index is 842. The molecule has 3 aromatic rings. The molecule has 0 unspecified atom stereocenters. The van der Waals surface area contributed by atoms with Crippen molar-refractivity contribution in [2.24, 2.45) is 0 Å². The van der Waals surface area contributed by atoms with E-state index in [0.717, 1.165) is 52.3 Å². The number of hydrogen-bond acceptors (Lipinski definition) is 4. The van der Waals surface area contributed by atoms with Crippen LogP contribution in [0.15, 0.2) is 33.2 Å². The van der Waals surface area contributed by atoms with Crippen LogP contribution < -0.4 is 0 Å². The Morgan fingerprint density at radius 2 is 2.17 bits per heavy atom. The van der Waals surface area contributed by atoms with Gasteiger partial charge < -0.3 is 13.8 Å². The largest absolute Gasteiger partial charge is 0.461 e. The first-order valence-electron chi connectivity index (χ1n) is 8.82. The maximum atomic E-state index is 6.10. The van der Waals surface area contributed by atoms with Crippen molar-refractivity contribution in [3.63, 3.8) is 0 Å². The average molecular weight is 324 g/mol. The van der Waals surface area contributed by atoms with Crippen molar-refractivity contribution < 1.29 is 8.94 Å². The lowest BCUT2D eigenvalue weighted by Gasteiger charge is -2.19. The van der Waals surface area contributed by atoms with E-state index >= 15 is 0 Å². The highest BCUT2D eigenvalue weighted by atomic mass is 16.5. The van der Waals surface area contributed by atoms with Crippen LogP contribution in [0, 0.1) is 13.8 Å². The molecular formula is C20H24N2O2. The molecule has 4 heteroatoms. The first kappa shape index (κ1) is 15.5. The predicted octanol–water partition coefficient (Wildman–Crippen LogP) is 4.73. The van der Waals surface area contributed by atoms with E-state index in [1.54, 1.807) is 0 Å². The summed E-state index contributed by atoms with van der Waals surface area (Å²) in [5.41, 5.74) is 4.10. The number of aryl methyl sites for hydroxylation is 2. The highest BCUT2D eigenvalue weighted by Crippen LogP contribution is 2.34. The Morgan fingerprint density at radius 3 is 2.88 bits per heavy atom. The van der Waals surface area contributed by atoms with Gasteiger partial charge in [-0.1, -0.05) is 17.3 Å². The SMILES string of the molecule is Cc1noc(C)c1-c1cccc2oc(CCN3CCC[C@H]3C)cc12. The Hall–Kier alpha value is -2.07. The summed E-state index contributed by atoms with van der Waals surface area (Å²) >= 11 is 0. The lowest BCUT2D eigenvalue weighted by atomic mass is 10.0. The van der Waals surface area contributed by atoms with Gasteiger partial charge in [-0.25, -0.2) is 0 Å². The number of nitrogens with zero attached hydrogens (tertiary/aromatic N) is 2. The van der Waals surface area contributed by atoms with Crippen LogP contribution in [0.3, 0.4) is 0 Å². The van der Waals surface area contributed by atoms with E-state index in [2.05, 4.69) is 29.1 Å². The van der Waals surface area contributed by atoms with Gasteiger partial charge in [0.15, 0.2) is 0 Å². The van der Waals surface area contributed by atoms with Crippen molar-refractivity contribution in [2.75, 3.05) is 13.1 Å². The zero-order valence-electron chi connectivity index (χ0n) is 14.6. The molecular weight excluding hydrogens is 300 g/mol. The molecule has 0 N–H and O–H groups in total. The molecule has 0 radical (unpaired) electrons. The van der Waals surface area contributed by atoms with Crippen LogP contribution in [-0.2, 0) is 6.42 Å². The summed E-state index contributed by atoms with van der Waals surface area (Å²) in [7, 11) is 0. The van der Waals surface area contributed by atoms with E-state index < -0.39 is 0 Å². The topological polar surface area (TPSA) is 42.4 Å². The zero-order valence-corrected chi connectivity index (χ0v) is 14.6. The van der Waals surface area contributed by atoms with Crippen molar-refractivity contribution in [3.8, 4) is 11.1 Å². The van der Waals surface area contributed by atoms with Crippen LogP contribution in [0.25, 0.3) is 22.1 Å². The van der Waals surface area contributed by atoms with Gasteiger partial charge in [-0.05, 0) is 57.9 Å². The van der Waals surface area contributed by atoms with Gasteiger partial charge in [0.05, 0.1) is 5.69 Å². The minimum absolute atomic E-state index is 0.701. The van der Waals surface area contributed by atoms with Gasteiger partial charge in [-0.15, -0.1) is 0 Å². The third-order valence-corrected chi connectivity index (χ3v) is 5.25. The second-order valence-corrected chi connectivity index (χ2v) is 6.91. The fraction of sp³-hybridized carbons (Fsp3) is 0.450. The van der Waals surface area contributed by atoms with Crippen molar-refractivity contribution in [1.29, 1.82) is 0 Å². The molecule has 0 bridgehead atoms. The van der Waals surface area contributed by atoms with Crippen LogP contribution in [0.1, 0.15) is 37.0 Å². The van der Waals surface area contributed by atoms with Crippen LogP contribution in [0.5, 0.6) is 0 Å². The number of hydrogen-bond donors (Lipinski definition) is 0. The molecule has 0 amide bonds. The number of aromatic nitrogens is 1. The summed E-state index contributed by atoms with van der Waals surface area (Å²) < 4.78 is 11.4. The molecule has 3 heterocycles. The molecule has 0 saturated carbocycles. The van der Waals surface area contributed by atoms with Gasteiger partial charge in [0, 0.05) is 30.0 Å². The van der Waals surface area contributed by atoms with Gasteiger partial charge in [0.1, 0.15) is 17.1 Å². The summed E-state index contributed by atoms with van der Waals surface area (Å²) in [6, 6.07) is 9.10. The first-order valence-corrected chi connectivity index (χ1v) is 8.82. The minimum Gasteiger partial charge on any atom is -0.461 e. The van der Waals surface area contributed by atoms with Crippen molar-refractivity contribution >= 4 is 11.0 Å². The van der Waals surface area contributed by atoms with E-state index in [1.807, 2.05) is 26.0 Å². The summed E-state index contributed by atoms with van der Waals surface area (Å²) in [4.78, 5) is 2.56. The number of rotatable bonds is 4. The highest BCUT2D eigenvalue weighted by molar-refractivity contribution is 5.95. The fourth-order valence-electron chi connectivity index (χ4n) is 3.90. The molecule has 1 atom stereocenters. The van der Waals surface area contributed by atoms with Gasteiger partial charge in [0.25, 0.3) is 0 Å². The van der Waals surface area contributed by atoms with Crippen LogP contribution in [0.4, 0.5) is 0 Å². The molecule has 1 aromatic carbocycles. The predicted molar refractivity (Wildman–Crippen MR) is 95.2 cm³/mol. The molecule has 4 nitrogen and oxygen atoms in total. The Morgan fingerprint density at radius 1 is 1.29 bits per heavy atom. The van der Waals surface area contributed by atoms with E-state index in [9.17, 15) is 0 Å². The maximum Gasteiger partial charge on any atom is 0.141 e. The zero-order chi connectivity index (χ0) is 16.7. The molecule has 1 aliphatic heterocycles. The van der Waals surface area contributed by atoms with E-state index in [1.165, 1.54) is 19.4 Å². The van der Waals surface area contributed by atoms with Gasteiger partial charge in [0.2, 0.25) is 0 Å². The molecule has 126 valence electrons. The van der Waals surface area contributed by atoms with Crippen LogP contribution in [-0.4, -0.2) is 29.2 Å². The summed E-state index contributed by atoms with van der Waals surface area (Å²) in [5, 5.41) is 5.24. The van der Waals surface area contributed by atoms with E-state index in [0.29, 0.717) is 6.04 Å². The van der Waals surface area contributed by atoms with Crippen molar-refractivity contribution in [1.82, 2.24) is 10.1 Å². The van der Waals surface area contributed by atoms with Gasteiger partial charge in [-0.2, -0.15) is 0 Å². The quantitative estimate of drug-likeness (QED) is 0.695. The Kier molecular flexibility index (Phi) is 3.93. The number of benzene rings is 1. The molecule has 2 aromatic heterocycles. The Labute approximate surface area is 142 Å². The normalized spacial score (nSPS) is 18.7. The maximum absolute atomic E-state index is 6.10. The molecule has 1 fully saturated rings. The third kappa shape index (κ3) is 2.65. The van der Waals surface area contributed by atoms with Gasteiger partial charge in [-0.3, -0.25) is 0 Å². The molecule has 1 aliphatic rings. The second kappa shape index (κ2) is 6.10. The van der Waals surface area contributed by atoms with E-state index in [-0.39, 0.29) is 0 Å². The van der Waals surface area contributed by atoms with Crippen molar-refractivity contribution in [3.05, 3.63) is 41.5 Å². The third-order valence-electron chi connectivity index (χ3n) is 5.25. The molecule has 24 heavy (non-hydrogen) atoms. The lowest BCUT2D eigenvalue weighted by molar-refractivity contribution is 0.266. The monoisotopic (exact) mass is 324 g/mol. The summed E-state index contributed by atoms with van der Waals surface area (Å²) in [6.07, 6.45) is 3.59.